The lowest BCUT2D eigenvalue weighted by Crippen LogP contribution is -2.54. The Morgan fingerprint density at radius 1 is 0.846 bits per heavy atom. The van der Waals surface area contributed by atoms with Gasteiger partial charge < -0.3 is 28.6 Å². The SMILES string of the molecule is COCCN1C(=O)N2Cc3cc(OC)cc(OC)c3CC=C2C12CCN(Cc1cc(OC)cc(OC)c1)CC2. The molecule has 0 unspecified atom stereocenters. The molecule has 210 valence electrons. The van der Waals surface area contributed by atoms with E-state index in [1.165, 1.54) is 0 Å². The third-order valence-electron chi connectivity index (χ3n) is 8.32. The Morgan fingerprint density at radius 3 is 2.13 bits per heavy atom. The third-order valence-corrected chi connectivity index (χ3v) is 8.32. The lowest BCUT2D eigenvalue weighted by Gasteiger charge is -2.44. The quantitative estimate of drug-likeness (QED) is 0.477. The van der Waals surface area contributed by atoms with Crippen LogP contribution in [0.3, 0.4) is 0 Å². The second-order valence-corrected chi connectivity index (χ2v) is 10.3. The summed E-state index contributed by atoms with van der Waals surface area (Å²) in [5.74, 6) is 3.10. The topological polar surface area (TPSA) is 72.9 Å². The van der Waals surface area contributed by atoms with Crippen LogP contribution in [-0.2, 0) is 24.2 Å². The summed E-state index contributed by atoms with van der Waals surface area (Å²) in [4.78, 5) is 20.4. The van der Waals surface area contributed by atoms with E-state index in [1.54, 1.807) is 35.5 Å². The number of urea groups is 1. The predicted molar refractivity (Wildman–Crippen MR) is 148 cm³/mol. The Morgan fingerprint density at radius 2 is 1.51 bits per heavy atom. The molecule has 0 aromatic heterocycles. The molecule has 2 aromatic rings. The summed E-state index contributed by atoms with van der Waals surface area (Å²) < 4.78 is 27.6. The number of piperidine rings is 1. The first kappa shape index (κ1) is 27.1. The molecule has 2 fully saturated rings. The van der Waals surface area contributed by atoms with Crippen molar-refractivity contribution >= 4 is 6.03 Å². The molecule has 39 heavy (non-hydrogen) atoms. The summed E-state index contributed by atoms with van der Waals surface area (Å²) in [5.41, 5.74) is 4.04. The summed E-state index contributed by atoms with van der Waals surface area (Å²) in [7, 11) is 8.36. The maximum atomic E-state index is 14.0. The first-order valence-electron chi connectivity index (χ1n) is 13.4. The number of allylic oxidation sites excluding steroid dienone is 1. The molecule has 0 N–H and O–H groups in total. The Balaban J connectivity index is 1.42. The van der Waals surface area contributed by atoms with Crippen LogP contribution in [0.5, 0.6) is 23.0 Å². The third kappa shape index (κ3) is 5.01. The number of likely N-dealkylation sites (tertiary alicyclic amines) is 1. The van der Waals surface area contributed by atoms with E-state index in [0.29, 0.717) is 26.1 Å². The van der Waals surface area contributed by atoms with E-state index in [2.05, 4.69) is 28.0 Å². The summed E-state index contributed by atoms with van der Waals surface area (Å²) in [6.07, 6.45) is 4.65. The van der Waals surface area contributed by atoms with Crippen LogP contribution in [0.4, 0.5) is 4.79 Å². The molecule has 0 bridgehead atoms. The highest BCUT2D eigenvalue weighted by Crippen LogP contribution is 2.47. The van der Waals surface area contributed by atoms with Gasteiger partial charge in [-0.1, -0.05) is 6.08 Å². The maximum absolute atomic E-state index is 14.0. The highest BCUT2D eigenvalue weighted by atomic mass is 16.5. The first-order valence-corrected chi connectivity index (χ1v) is 13.4. The van der Waals surface area contributed by atoms with Crippen molar-refractivity contribution in [2.75, 3.05) is 61.8 Å². The Kier molecular flexibility index (Phi) is 7.91. The number of carbonyl (C=O) groups excluding carboxylic acids is 1. The normalized spacial score (nSPS) is 18.4. The van der Waals surface area contributed by atoms with Crippen molar-refractivity contribution in [2.24, 2.45) is 0 Å². The summed E-state index contributed by atoms with van der Waals surface area (Å²) in [6.45, 7) is 4.08. The van der Waals surface area contributed by atoms with Gasteiger partial charge in [-0.25, -0.2) is 4.79 Å². The molecule has 0 saturated carbocycles. The summed E-state index contributed by atoms with van der Waals surface area (Å²) >= 11 is 0. The first-order chi connectivity index (χ1) is 19.0. The molecular weight excluding hydrogens is 498 g/mol. The minimum Gasteiger partial charge on any atom is -0.497 e. The molecular formula is C30H39N3O6. The zero-order valence-corrected chi connectivity index (χ0v) is 23.6. The van der Waals surface area contributed by atoms with Crippen molar-refractivity contribution in [1.29, 1.82) is 0 Å². The number of ether oxygens (including phenoxy) is 5. The lowest BCUT2D eigenvalue weighted by atomic mass is 9.83. The standard InChI is InChI=1S/C30H39N3O6/c1-35-13-12-33-29(34)32-20-22-16-25(38-4)18-27(39-5)26(22)6-7-28(32)30(33)8-10-31(11-9-30)19-21-14-23(36-2)17-24(15-21)37-3/h7,14-18H,6,8-13,19-20H2,1-5H3. The van der Waals surface area contributed by atoms with Gasteiger partial charge in [0, 0.05) is 56.7 Å². The van der Waals surface area contributed by atoms with Gasteiger partial charge in [-0.15, -0.1) is 0 Å². The van der Waals surface area contributed by atoms with E-state index in [-0.39, 0.29) is 11.6 Å². The molecule has 3 aliphatic rings. The van der Waals surface area contributed by atoms with Crippen LogP contribution in [0, 0.1) is 0 Å². The maximum Gasteiger partial charge on any atom is 0.325 e. The molecule has 0 aliphatic carbocycles. The molecule has 0 atom stereocenters. The van der Waals surface area contributed by atoms with Crippen LogP contribution in [0.2, 0.25) is 0 Å². The van der Waals surface area contributed by atoms with Crippen molar-refractivity contribution in [3.8, 4) is 23.0 Å². The van der Waals surface area contributed by atoms with Gasteiger partial charge >= 0.3 is 6.03 Å². The molecule has 0 radical (unpaired) electrons. The van der Waals surface area contributed by atoms with E-state index >= 15 is 0 Å². The van der Waals surface area contributed by atoms with Crippen molar-refractivity contribution in [2.45, 2.75) is 37.9 Å². The average molecular weight is 538 g/mol. The van der Waals surface area contributed by atoms with Crippen LogP contribution < -0.4 is 18.9 Å². The predicted octanol–water partition coefficient (Wildman–Crippen LogP) is 4.08. The minimum absolute atomic E-state index is 0.0407. The number of benzene rings is 2. The fourth-order valence-corrected chi connectivity index (χ4v) is 6.31. The fraction of sp³-hybridized carbons (Fsp3) is 0.500. The van der Waals surface area contributed by atoms with Gasteiger partial charge in [-0.2, -0.15) is 0 Å². The van der Waals surface area contributed by atoms with Gasteiger partial charge in [0.2, 0.25) is 0 Å². The van der Waals surface area contributed by atoms with Crippen molar-refractivity contribution < 1.29 is 28.5 Å². The van der Waals surface area contributed by atoms with Gasteiger partial charge in [-0.05, 0) is 48.6 Å². The molecule has 9 nitrogen and oxygen atoms in total. The van der Waals surface area contributed by atoms with E-state index < -0.39 is 0 Å². The second-order valence-electron chi connectivity index (χ2n) is 10.3. The number of nitrogens with zero attached hydrogens (tertiary/aromatic N) is 3. The van der Waals surface area contributed by atoms with Gasteiger partial charge in [0.25, 0.3) is 0 Å². The highest BCUT2D eigenvalue weighted by molar-refractivity contribution is 5.83. The molecule has 1 spiro atoms. The van der Waals surface area contributed by atoms with Crippen molar-refractivity contribution in [3.05, 3.63) is 58.8 Å². The largest absolute Gasteiger partial charge is 0.497 e. The molecule has 9 heteroatoms. The Hall–Kier alpha value is -3.43. The lowest BCUT2D eigenvalue weighted by molar-refractivity contribution is 0.0670. The van der Waals surface area contributed by atoms with E-state index in [1.807, 2.05) is 23.1 Å². The number of rotatable bonds is 9. The monoisotopic (exact) mass is 537 g/mol. The minimum atomic E-state index is -0.364. The smallest absolute Gasteiger partial charge is 0.325 e. The van der Waals surface area contributed by atoms with E-state index in [0.717, 1.165) is 77.9 Å². The zero-order chi connectivity index (χ0) is 27.6. The summed E-state index contributed by atoms with van der Waals surface area (Å²) in [5, 5.41) is 0. The second kappa shape index (κ2) is 11.4. The molecule has 2 saturated heterocycles. The number of amides is 2. The van der Waals surface area contributed by atoms with Gasteiger partial charge in [-0.3, -0.25) is 9.80 Å². The molecule has 3 heterocycles. The van der Waals surface area contributed by atoms with Gasteiger partial charge in [0.1, 0.15) is 23.0 Å². The van der Waals surface area contributed by atoms with Gasteiger partial charge in [0.15, 0.2) is 0 Å². The average Bonchev–Trinajstić information content (AvgIpc) is 3.08. The zero-order valence-electron chi connectivity index (χ0n) is 23.6. The number of hydrogen-bond acceptors (Lipinski definition) is 7. The number of hydrogen-bond donors (Lipinski definition) is 0. The number of fused-ring (bicyclic) bond motifs is 3. The number of methoxy groups -OCH3 is 5. The van der Waals surface area contributed by atoms with Crippen molar-refractivity contribution in [1.82, 2.24) is 14.7 Å². The molecule has 5 rings (SSSR count). The van der Waals surface area contributed by atoms with Crippen LogP contribution in [0.15, 0.2) is 42.1 Å². The van der Waals surface area contributed by atoms with Crippen LogP contribution in [0.25, 0.3) is 0 Å². The molecule has 3 aliphatic heterocycles. The summed E-state index contributed by atoms with van der Waals surface area (Å²) in [6, 6.07) is 10.00. The van der Waals surface area contributed by atoms with Gasteiger partial charge in [0.05, 0.1) is 47.1 Å². The van der Waals surface area contributed by atoms with Crippen molar-refractivity contribution in [3.63, 3.8) is 0 Å². The van der Waals surface area contributed by atoms with Crippen LogP contribution in [-0.4, -0.2) is 88.1 Å². The highest BCUT2D eigenvalue weighted by Gasteiger charge is 2.54. The Labute approximate surface area is 230 Å². The molecule has 2 amide bonds. The van der Waals surface area contributed by atoms with Crippen LogP contribution in [0.1, 0.15) is 29.5 Å². The van der Waals surface area contributed by atoms with E-state index in [4.69, 9.17) is 23.7 Å². The molecule has 2 aromatic carbocycles. The number of carbonyl (C=O) groups is 1. The fourth-order valence-electron chi connectivity index (χ4n) is 6.31. The van der Waals surface area contributed by atoms with Crippen LogP contribution >= 0.6 is 0 Å². The van der Waals surface area contributed by atoms with E-state index in [9.17, 15) is 4.79 Å². The Bertz CT molecular complexity index is 1220.